The van der Waals surface area contributed by atoms with Gasteiger partial charge in [-0.1, -0.05) is 6.92 Å². The molecule has 0 aliphatic carbocycles. The SMILES string of the molecule is Cc1ccn2c(=O)cc(CSCC(C)C(=O)O)nc2c1. The molecule has 0 aliphatic heterocycles. The number of nitrogens with zero attached hydrogens (tertiary/aromatic N) is 2. The highest BCUT2D eigenvalue weighted by molar-refractivity contribution is 7.98. The molecule has 0 saturated carbocycles. The van der Waals surface area contributed by atoms with Gasteiger partial charge in [0.15, 0.2) is 0 Å². The van der Waals surface area contributed by atoms with Gasteiger partial charge in [-0.05, 0) is 24.6 Å². The van der Waals surface area contributed by atoms with Crippen LogP contribution in [0.1, 0.15) is 18.2 Å². The minimum Gasteiger partial charge on any atom is -0.481 e. The lowest BCUT2D eigenvalue weighted by atomic mass is 10.2. The van der Waals surface area contributed by atoms with Crippen LogP contribution in [0, 0.1) is 12.8 Å². The fourth-order valence-corrected chi connectivity index (χ4v) is 2.71. The van der Waals surface area contributed by atoms with Crippen LogP contribution in [0.15, 0.2) is 29.2 Å². The quantitative estimate of drug-likeness (QED) is 0.912. The molecule has 0 radical (unpaired) electrons. The van der Waals surface area contributed by atoms with E-state index in [0.29, 0.717) is 22.8 Å². The van der Waals surface area contributed by atoms with E-state index in [0.717, 1.165) is 5.56 Å². The van der Waals surface area contributed by atoms with E-state index < -0.39 is 11.9 Å². The lowest BCUT2D eigenvalue weighted by Crippen LogP contribution is -2.15. The second-order valence-corrected chi connectivity index (χ2v) is 5.80. The Morgan fingerprint density at radius 1 is 1.50 bits per heavy atom. The minimum atomic E-state index is -0.806. The second-order valence-electron chi connectivity index (χ2n) is 4.77. The Morgan fingerprint density at radius 2 is 2.25 bits per heavy atom. The topological polar surface area (TPSA) is 71.7 Å². The molecule has 20 heavy (non-hydrogen) atoms. The number of thioether (sulfide) groups is 1. The number of aryl methyl sites for hydroxylation is 1. The zero-order valence-corrected chi connectivity index (χ0v) is 12.2. The minimum absolute atomic E-state index is 0.114. The molecule has 2 heterocycles. The number of rotatable bonds is 5. The van der Waals surface area contributed by atoms with E-state index in [-0.39, 0.29) is 5.56 Å². The molecule has 2 rings (SSSR count). The first kappa shape index (κ1) is 14.6. The molecule has 0 saturated heterocycles. The zero-order valence-electron chi connectivity index (χ0n) is 11.4. The lowest BCUT2D eigenvalue weighted by molar-refractivity contribution is -0.140. The van der Waals surface area contributed by atoms with E-state index in [2.05, 4.69) is 4.98 Å². The molecular weight excluding hydrogens is 276 g/mol. The number of aromatic nitrogens is 2. The van der Waals surface area contributed by atoms with Crippen molar-refractivity contribution in [1.82, 2.24) is 9.38 Å². The fraction of sp³-hybridized carbons (Fsp3) is 0.357. The van der Waals surface area contributed by atoms with Gasteiger partial charge < -0.3 is 5.11 Å². The number of hydrogen-bond donors (Lipinski definition) is 1. The summed E-state index contributed by atoms with van der Waals surface area (Å²) in [5.41, 5.74) is 2.24. The fourth-order valence-electron chi connectivity index (χ4n) is 1.74. The van der Waals surface area contributed by atoms with Crippen LogP contribution in [0.3, 0.4) is 0 Å². The third-order valence-corrected chi connectivity index (χ3v) is 4.15. The summed E-state index contributed by atoms with van der Waals surface area (Å²) in [6.07, 6.45) is 1.71. The van der Waals surface area contributed by atoms with Crippen LogP contribution in [0.5, 0.6) is 0 Å². The van der Waals surface area contributed by atoms with Crippen LogP contribution >= 0.6 is 11.8 Å². The van der Waals surface area contributed by atoms with Gasteiger partial charge in [0.1, 0.15) is 5.65 Å². The van der Waals surface area contributed by atoms with Gasteiger partial charge in [-0.15, -0.1) is 0 Å². The summed E-state index contributed by atoms with van der Waals surface area (Å²) in [7, 11) is 0. The summed E-state index contributed by atoms with van der Waals surface area (Å²) in [6, 6.07) is 5.22. The van der Waals surface area contributed by atoms with E-state index in [1.54, 1.807) is 13.1 Å². The molecule has 0 amide bonds. The molecule has 5 nitrogen and oxygen atoms in total. The van der Waals surface area contributed by atoms with E-state index in [1.807, 2.05) is 19.1 Å². The van der Waals surface area contributed by atoms with Gasteiger partial charge in [-0.25, -0.2) is 4.98 Å². The molecule has 2 aromatic heterocycles. The van der Waals surface area contributed by atoms with E-state index in [9.17, 15) is 9.59 Å². The maximum atomic E-state index is 11.9. The highest BCUT2D eigenvalue weighted by Gasteiger charge is 2.11. The average molecular weight is 292 g/mol. The summed E-state index contributed by atoms with van der Waals surface area (Å²) in [4.78, 5) is 27.1. The van der Waals surface area contributed by atoms with Crippen LogP contribution in [0.2, 0.25) is 0 Å². The van der Waals surface area contributed by atoms with Crippen molar-refractivity contribution in [2.75, 3.05) is 5.75 Å². The summed E-state index contributed by atoms with van der Waals surface area (Å²) < 4.78 is 1.50. The summed E-state index contributed by atoms with van der Waals surface area (Å²) in [6.45, 7) is 3.61. The van der Waals surface area contributed by atoms with Crippen molar-refractivity contribution in [2.24, 2.45) is 5.92 Å². The van der Waals surface area contributed by atoms with Gasteiger partial charge >= 0.3 is 5.97 Å². The zero-order chi connectivity index (χ0) is 14.7. The molecule has 0 aliphatic rings. The highest BCUT2D eigenvalue weighted by Crippen LogP contribution is 2.14. The Morgan fingerprint density at radius 3 is 2.95 bits per heavy atom. The Balaban J connectivity index is 2.15. The molecule has 0 fully saturated rings. The van der Waals surface area contributed by atoms with E-state index >= 15 is 0 Å². The lowest BCUT2D eigenvalue weighted by Gasteiger charge is -2.07. The second kappa shape index (κ2) is 6.09. The summed E-state index contributed by atoms with van der Waals surface area (Å²) in [5.74, 6) is -0.162. The predicted octanol–water partition coefficient (Wildman–Crippen LogP) is 1.96. The normalized spacial score (nSPS) is 12.5. The van der Waals surface area contributed by atoms with Crippen LogP contribution in [-0.4, -0.2) is 26.2 Å². The maximum Gasteiger partial charge on any atom is 0.307 e. The first-order valence-corrected chi connectivity index (χ1v) is 7.42. The smallest absolute Gasteiger partial charge is 0.307 e. The molecule has 2 aromatic rings. The van der Waals surface area contributed by atoms with Crippen molar-refractivity contribution in [3.63, 3.8) is 0 Å². The Kier molecular flexibility index (Phi) is 4.44. The third-order valence-electron chi connectivity index (χ3n) is 2.92. The average Bonchev–Trinajstić information content (AvgIpc) is 2.37. The first-order valence-electron chi connectivity index (χ1n) is 6.27. The van der Waals surface area contributed by atoms with E-state index in [1.165, 1.54) is 22.2 Å². The van der Waals surface area contributed by atoms with Gasteiger partial charge in [0.05, 0.1) is 11.6 Å². The Bertz CT molecular complexity index is 696. The van der Waals surface area contributed by atoms with Crippen molar-refractivity contribution >= 4 is 23.4 Å². The van der Waals surface area contributed by atoms with Gasteiger partial charge in [0.2, 0.25) is 0 Å². The summed E-state index contributed by atoms with van der Waals surface area (Å²) in [5, 5.41) is 8.81. The van der Waals surface area contributed by atoms with Gasteiger partial charge in [0, 0.05) is 23.8 Å². The number of pyridine rings is 1. The number of carbonyl (C=O) groups is 1. The van der Waals surface area contributed by atoms with Crippen molar-refractivity contribution in [3.05, 3.63) is 46.0 Å². The molecule has 106 valence electrons. The Labute approximate surface area is 120 Å². The van der Waals surface area contributed by atoms with Crippen LogP contribution in [0.25, 0.3) is 5.65 Å². The molecule has 1 unspecified atom stereocenters. The van der Waals surface area contributed by atoms with Gasteiger partial charge in [-0.2, -0.15) is 11.8 Å². The molecule has 0 bridgehead atoms. The molecular formula is C14H16N2O3S. The van der Waals surface area contributed by atoms with Gasteiger partial charge in [-0.3, -0.25) is 14.0 Å². The maximum absolute atomic E-state index is 11.9. The number of carboxylic acid groups (broad SMARTS) is 1. The number of fused-ring (bicyclic) bond motifs is 1. The van der Waals surface area contributed by atoms with Crippen molar-refractivity contribution in [2.45, 2.75) is 19.6 Å². The van der Waals surface area contributed by atoms with Crippen LogP contribution in [-0.2, 0) is 10.5 Å². The molecule has 6 heteroatoms. The van der Waals surface area contributed by atoms with Gasteiger partial charge in [0.25, 0.3) is 5.56 Å². The van der Waals surface area contributed by atoms with Crippen molar-refractivity contribution in [3.8, 4) is 0 Å². The molecule has 1 N–H and O–H groups in total. The predicted molar refractivity (Wildman–Crippen MR) is 79.2 cm³/mol. The Hall–Kier alpha value is -1.82. The van der Waals surface area contributed by atoms with Crippen molar-refractivity contribution < 1.29 is 9.90 Å². The standard InChI is InChI=1S/C14H16N2O3S/c1-9-3-4-16-12(5-9)15-11(6-13(16)17)8-20-7-10(2)14(18)19/h3-6,10H,7-8H2,1-2H3,(H,18,19). The number of hydrogen-bond acceptors (Lipinski definition) is 4. The monoisotopic (exact) mass is 292 g/mol. The summed E-state index contributed by atoms with van der Waals surface area (Å²) >= 11 is 1.47. The third kappa shape index (κ3) is 3.39. The molecule has 0 aromatic carbocycles. The van der Waals surface area contributed by atoms with Crippen molar-refractivity contribution in [1.29, 1.82) is 0 Å². The molecule has 0 spiro atoms. The highest BCUT2D eigenvalue weighted by atomic mass is 32.2. The molecule has 1 atom stereocenters. The first-order chi connectivity index (χ1) is 9.47. The number of carboxylic acids is 1. The number of aliphatic carboxylic acids is 1. The largest absolute Gasteiger partial charge is 0.481 e. The van der Waals surface area contributed by atoms with Crippen LogP contribution in [0.4, 0.5) is 0 Å². The van der Waals surface area contributed by atoms with E-state index in [4.69, 9.17) is 5.11 Å². The van der Waals surface area contributed by atoms with Crippen LogP contribution < -0.4 is 5.56 Å².